The van der Waals surface area contributed by atoms with E-state index < -0.39 is 5.60 Å². The quantitative estimate of drug-likeness (QED) is 0.744. The van der Waals surface area contributed by atoms with Gasteiger partial charge in [-0.25, -0.2) is 9.18 Å². The van der Waals surface area contributed by atoms with Crippen LogP contribution in [0, 0.1) is 11.7 Å². The van der Waals surface area contributed by atoms with Gasteiger partial charge in [-0.1, -0.05) is 0 Å². The molecule has 2 aromatic rings. The maximum atomic E-state index is 14.7. The predicted molar refractivity (Wildman–Crippen MR) is 114 cm³/mol. The van der Waals surface area contributed by atoms with Gasteiger partial charge in [-0.3, -0.25) is 9.48 Å². The largest absolute Gasteiger partial charge is 0.444 e. The van der Waals surface area contributed by atoms with Gasteiger partial charge in [-0.2, -0.15) is 5.10 Å². The van der Waals surface area contributed by atoms with Gasteiger partial charge in [0.25, 0.3) is 5.91 Å². The third kappa shape index (κ3) is 5.24. The van der Waals surface area contributed by atoms with Gasteiger partial charge in [-0.05, 0) is 69.7 Å². The molecular formula is C23H29FN4O3. The number of carbonyl (C=O) groups excluding carboxylic acids is 2. The Labute approximate surface area is 181 Å². The number of nitrogens with one attached hydrogen (secondary N) is 1. The van der Waals surface area contributed by atoms with Gasteiger partial charge in [0, 0.05) is 37.3 Å². The Balaban J connectivity index is 1.49. The number of ether oxygens (including phenoxy) is 1. The number of rotatable bonds is 6. The lowest BCUT2D eigenvalue weighted by atomic mass is 10.0. The van der Waals surface area contributed by atoms with E-state index in [2.05, 4.69) is 10.4 Å². The third-order valence-electron chi connectivity index (χ3n) is 5.56. The number of benzene rings is 1. The molecule has 4 rings (SSSR count). The second-order valence-corrected chi connectivity index (χ2v) is 9.58. The molecule has 2 unspecified atom stereocenters. The minimum Gasteiger partial charge on any atom is -0.444 e. The van der Waals surface area contributed by atoms with Crippen LogP contribution in [-0.4, -0.2) is 44.9 Å². The minimum atomic E-state index is -0.585. The van der Waals surface area contributed by atoms with Crippen molar-refractivity contribution in [3.63, 3.8) is 0 Å². The highest BCUT2D eigenvalue weighted by Gasteiger charge is 2.48. The second kappa shape index (κ2) is 7.98. The molecule has 1 N–H and O–H groups in total. The lowest BCUT2D eigenvalue weighted by Gasteiger charge is -2.28. The minimum absolute atomic E-state index is 0.110. The van der Waals surface area contributed by atoms with Crippen molar-refractivity contribution in [2.45, 2.75) is 57.6 Å². The Morgan fingerprint density at radius 2 is 2.06 bits per heavy atom. The summed E-state index contributed by atoms with van der Waals surface area (Å²) in [5, 5.41) is 6.79. The topological polar surface area (TPSA) is 76.5 Å². The van der Waals surface area contributed by atoms with Gasteiger partial charge in [0.1, 0.15) is 11.4 Å². The van der Waals surface area contributed by atoms with Crippen LogP contribution in [0.5, 0.6) is 0 Å². The van der Waals surface area contributed by atoms with Crippen LogP contribution in [0.15, 0.2) is 30.6 Å². The Hall–Kier alpha value is -2.90. The molecule has 7 nitrogen and oxygen atoms in total. The summed E-state index contributed by atoms with van der Waals surface area (Å²) < 4.78 is 21.8. The molecule has 0 saturated heterocycles. The van der Waals surface area contributed by atoms with Gasteiger partial charge in [0.05, 0.1) is 11.9 Å². The van der Waals surface area contributed by atoms with Crippen LogP contribution < -0.4 is 5.32 Å². The van der Waals surface area contributed by atoms with Crippen LogP contribution in [0.3, 0.4) is 0 Å². The fraction of sp³-hybridized carbons (Fsp3) is 0.522. The van der Waals surface area contributed by atoms with Gasteiger partial charge in [-0.15, -0.1) is 0 Å². The van der Waals surface area contributed by atoms with Crippen LogP contribution in [0.25, 0.3) is 0 Å². The summed E-state index contributed by atoms with van der Waals surface area (Å²) in [5.74, 6) is -0.331. The summed E-state index contributed by atoms with van der Waals surface area (Å²) >= 11 is 0. The normalized spacial score (nSPS) is 20.3. The summed E-state index contributed by atoms with van der Waals surface area (Å²) in [4.78, 5) is 27.2. The fourth-order valence-electron chi connectivity index (χ4n) is 3.76. The van der Waals surface area contributed by atoms with Crippen LogP contribution in [0.1, 0.15) is 61.9 Å². The summed E-state index contributed by atoms with van der Waals surface area (Å²) in [7, 11) is 1.76. The van der Waals surface area contributed by atoms with E-state index in [1.165, 1.54) is 12.1 Å². The van der Waals surface area contributed by atoms with Crippen molar-refractivity contribution >= 4 is 17.7 Å². The molecule has 1 aromatic heterocycles. The number of anilines is 1. The molecule has 2 aliphatic rings. The highest BCUT2D eigenvalue weighted by atomic mass is 19.1. The van der Waals surface area contributed by atoms with Crippen LogP contribution >= 0.6 is 0 Å². The predicted octanol–water partition coefficient (Wildman–Crippen LogP) is 4.31. The first-order valence-corrected chi connectivity index (χ1v) is 10.7. The van der Waals surface area contributed by atoms with Crippen molar-refractivity contribution < 1.29 is 18.7 Å². The van der Waals surface area contributed by atoms with Gasteiger partial charge < -0.3 is 15.0 Å². The van der Waals surface area contributed by atoms with Crippen molar-refractivity contribution in [1.29, 1.82) is 0 Å². The average Bonchev–Trinajstić information content (AvgIpc) is 3.58. The highest BCUT2D eigenvalue weighted by Crippen LogP contribution is 2.47. The third-order valence-corrected chi connectivity index (χ3v) is 5.56. The lowest BCUT2D eigenvalue weighted by Crippen LogP contribution is -2.40. The van der Waals surface area contributed by atoms with E-state index in [9.17, 15) is 14.0 Å². The van der Waals surface area contributed by atoms with E-state index >= 15 is 0 Å². The van der Waals surface area contributed by atoms with Crippen molar-refractivity contribution in [3.8, 4) is 0 Å². The summed E-state index contributed by atoms with van der Waals surface area (Å²) in [6.45, 7) is 6.16. The standard InChI is InChI=1S/C23H29FN4O3/c1-23(2,3)31-22(30)28(12-14-5-6-14)20-10-18(20)17-9-15(7-8-19(17)24)21(29)26-16-11-25-27(4)13-16/h7-9,11,13-14,18,20H,5-6,10,12H2,1-4H3,(H,26,29). The van der Waals surface area contributed by atoms with Crippen molar-refractivity contribution in [2.75, 3.05) is 11.9 Å². The fourth-order valence-corrected chi connectivity index (χ4v) is 3.76. The zero-order valence-electron chi connectivity index (χ0n) is 18.4. The van der Waals surface area contributed by atoms with Crippen molar-refractivity contribution in [3.05, 3.63) is 47.5 Å². The summed E-state index contributed by atoms with van der Waals surface area (Å²) in [5.41, 5.74) is 0.826. The number of hydrogen-bond acceptors (Lipinski definition) is 4. The lowest BCUT2D eigenvalue weighted by molar-refractivity contribution is 0.0220. The molecule has 2 fully saturated rings. The Bertz CT molecular complexity index is 993. The summed E-state index contributed by atoms with van der Waals surface area (Å²) in [6.07, 6.45) is 5.77. The molecule has 0 aliphatic heterocycles. The Kier molecular flexibility index (Phi) is 5.49. The van der Waals surface area contributed by atoms with Gasteiger partial charge in [0.15, 0.2) is 0 Å². The highest BCUT2D eigenvalue weighted by molar-refractivity contribution is 6.04. The van der Waals surface area contributed by atoms with E-state index in [4.69, 9.17) is 4.74 Å². The molecule has 2 amide bonds. The molecule has 2 atom stereocenters. The molecule has 31 heavy (non-hydrogen) atoms. The van der Waals surface area contributed by atoms with Crippen molar-refractivity contribution in [1.82, 2.24) is 14.7 Å². The number of nitrogens with zero attached hydrogens (tertiary/aromatic N) is 3. The number of amides is 2. The molecule has 2 aliphatic carbocycles. The van der Waals surface area contributed by atoms with Crippen LogP contribution in [0.2, 0.25) is 0 Å². The number of carbonyl (C=O) groups is 2. The molecule has 166 valence electrons. The van der Waals surface area contributed by atoms with Gasteiger partial charge in [0.2, 0.25) is 0 Å². The first kappa shape index (κ1) is 21.3. The number of aryl methyl sites for hydroxylation is 1. The smallest absolute Gasteiger partial charge is 0.410 e. The molecule has 0 spiro atoms. The monoisotopic (exact) mass is 428 g/mol. The molecule has 8 heteroatoms. The summed E-state index contributed by atoms with van der Waals surface area (Å²) in [6, 6.07) is 4.27. The number of halogens is 1. The zero-order chi connectivity index (χ0) is 22.3. The molecule has 0 radical (unpaired) electrons. The maximum Gasteiger partial charge on any atom is 0.410 e. The first-order valence-electron chi connectivity index (χ1n) is 10.7. The molecule has 1 aromatic carbocycles. The Morgan fingerprint density at radius 1 is 1.32 bits per heavy atom. The van der Waals surface area contributed by atoms with Gasteiger partial charge >= 0.3 is 6.09 Å². The van der Waals surface area contributed by atoms with Crippen LogP contribution in [0.4, 0.5) is 14.9 Å². The van der Waals surface area contributed by atoms with E-state index in [1.54, 1.807) is 35.1 Å². The van der Waals surface area contributed by atoms with Crippen LogP contribution in [-0.2, 0) is 11.8 Å². The average molecular weight is 429 g/mol. The van der Waals surface area contributed by atoms with E-state index in [0.717, 1.165) is 12.8 Å². The maximum absolute atomic E-state index is 14.7. The molecular weight excluding hydrogens is 399 g/mol. The van der Waals surface area contributed by atoms with E-state index in [0.29, 0.717) is 35.7 Å². The molecule has 2 saturated carbocycles. The second-order valence-electron chi connectivity index (χ2n) is 9.58. The zero-order valence-corrected chi connectivity index (χ0v) is 18.4. The van der Waals surface area contributed by atoms with E-state index in [-0.39, 0.29) is 29.8 Å². The number of hydrogen-bond donors (Lipinski definition) is 1. The Morgan fingerprint density at radius 3 is 2.68 bits per heavy atom. The van der Waals surface area contributed by atoms with Crippen molar-refractivity contribution in [2.24, 2.45) is 13.0 Å². The SMILES string of the molecule is Cn1cc(NC(=O)c2ccc(F)c(C3CC3N(CC3CC3)C(=O)OC(C)(C)C)c2)cn1. The molecule has 1 heterocycles. The molecule has 0 bridgehead atoms. The first-order chi connectivity index (χ1) is 14.6. The van der Waals surface area contributed by atoms with E-state index in [1.807, 2.05) is 20.8 Å². The number of aromatic nitrogens is 2.